The van der Waals surface area contributed by atoms with Crippen LogP contribution in [0.2, 0.25) is 4.34 Å². The fraction of sp³-hybridized carbons (Fsp3) is 0.400. The molecule has 1 aromatic heterocycles. The van der Waals surface area contributed by atoms with Gasteiger partial charge in [0.1, 0.15) is 0 Å². The van der Waals surface area contributed by atoms with Gasteiger partial charge in [-0.05, 0) is 29.9 Å². The Bertz CT molecular complexity index is 298. The van der Waals surface area contributed by atoms with Crippen LogP contribution in [0.3, 0.4) is 0 Å². The van der Waals surface area contributed by atoms with Gasteiger partial charge in [-0.25, -0.2) is 0 Å². The van der Waals surface area contributed by atoms with E-state index in [1.165, 1.54) is 5.56 Å². The molecule has 1 nitrogen and oxygen atoms in total. The number of hydrogen-bond acceptors (Lipinski definition) is 2. The smallest absolute Gasteiger partial charge is 0.0973 e. The summed E-state index contributed by atoms with van der Waals surface area (Å²) >= 11 is 7.58. The summed E-state index contributed by atoms with van der Waals surface area (Å²) in [7, 11) is 0. The fourth-order valence-corrected chi connectivity index (χ4v) is 2.41. The average molecular weight is 214 g/mol. The topological polar surface area (TPSA) is 12.0 Å². The Labute approximate surface area is 87.4 Å². The predicted molar refractivity (Wildman–Crippen MR) is 58.3 cm³/mol. The highest BCUT2D eigenvalue weighted by Gasteiger charge is 2.09. The van der Waals surface area contributed by atoms with Crippen LogP contribution in [-0.4, -0.2) is 6.04 Å². The SMILES string of the molecule is Clc1sccc1CNC1CC=CC1. The van der Waals surface area contributed by atoms with Crippen molar-refractivity contribution in [2.45, 2.75) is 25.4 Å². The van der Waals surface area contributed by atoms with Crippen LogP contribution in [0.15, 0.2) is 23.6 Å². The van der Waals surface area contributed by atoms with Crippen molar-refractivity contribution in [2.75, 3.05) is 0 Å². The Balaban J connectivity index is 1.82. The molecule has 1 aliphatic rings. The first-order valence-electron chi connectivity index (χ1n) is 4.46. The second-order valence-electron chi connectivity index (χ2n) is 3.24. The molecule has 0 spiro atoms. The van der Waals surface area contributed by atoms with Crippen LogP contribution in [0.25, 0.3) is 0 Å². The Morgan fingerprint density at radius 2 is 2.23 bits per heavy atom. The van der Waals surface area contributed by atoms with Gasteiger partial charge < -0.3 is 5.32 Å². The lowest BCUT2D eigenvalue weighted by Gasteiger charge is -2.10. The maximum atomic E-state index is 5.99. The predicted octanol–water partition coefficient (Wildman–Crippen LogP) is 3.21. The molecule has 1 N–H and O–H groups in total. The van der Waals surface area contributed by atoms with Gasteiger partial charge in [0.2, 0.25) is 0 Å². The summed E-state index contributed by atoms with van der Waals surface area (Å²) in [5.74, 6) is 0. The highest BCUT2D eigenvalue weighted by molar-refractivity contribution is 7.14. The van der Waals surface area contributed by atoms with Crippen LogP contribution >= 0.6 is 22.9 Å². The van der Waals surface area contributed by atoms with Gasteiger partial charge in [0.15, 0.2) is 0 Å². The zero-order chi connectivity index (χ0) is 9.10. The highest BCUT2D eigenvalue weighted by atomic mass is 35.5. The summed E-state index contributed by atoms with van der Waals surface area (Å²) in [6, 6.07) is 2.71. The minimum absolute atomic E-state index is 0.621. The largest absolute Gasteiger partial charge is 0.309 e. The van der Waals surface area contributed by atoms with Crippen molar-refractivity contribution in [2.24, 2.45) is 0 Å². The molecule has 0 amide bonds. The van der Waals surface area contributed by atoms with Crippen molar-refractivity contribution >= 4 is 22.9 Å². The summed E-state index contributed by atoms with van der Waals surface area (Å²) in [5, 5.41) is 5.52. The first-order valence-corrected chi connectivity index (χ1v) is 5.72. The van der Waals surface area contributed by atoms with Crippen molar-refractivity contribution in [1.82, 2.24) is 5.32 Å². The lowest BCUT2D eigenvalue weighted by Crippen LogP contribution is -2.25. The van der Waals surface area contributed by atoms with Gasteiger partial charge >= 0.3 is 0 Å². The molecule has 1 aliphatic carbocycles. The van der Waals surface area contributed by atoms with Crippen LogP contribution < -0.4 is 5.32 Å². The van der Waals surface area contributed by atoms with E-state index in [4.69, 9.17) is 11.6 Å². The van der Waals surface area contributed by atoms with Gasteiger partial charge in [0.25, 0.3) is 0 Å². The lowest BCUT2D eigenvalue weighted by molar-refractivity contribution is 0.539. The summed E-state index contributed by atoms with van der Waals surface area (Å²) < 4.78 is 0.915. The molecule has 0 saturated carbocycles. The molecule has 0 radical (unpaired) electrons. The van der Waals surface area contributed by atoms with Crippen molar-refractivity contribution in [3.63, 3.8) is 0 Å². The first-order chi connectivity index (χ1) is 6.36. The first kappa shape index (κ1) is 9.25. The van der Waals surface area contributed by atoms with E-state index in [2.05, 4.69) is 23.5 Å². The van der Waals surface area contributed by atoms with E-state index in [0.717, 1.165) is 23.7 Å². The van der Waals surface area contributed by atoms with Crippen LogP contribution in [0.1, 0.15) is 18.4 Å². The molecular weight excluding hydrogens is 202 g/mol. The molecule has 1 aromatic rings. The van der Waals surface area contributed by atoms with E-state index in [-0.39, 0.29) is 0 Å². The number of halogens is 1. The highest BCUT2D eigenvalue weighted by Crippen LogP contribution is 2.22. The van der Waals surface area contributed by atoms with Gasteiger partial charge in [-0.1, -0.05) is 23.8 Å². The van der Waals surface area contributed by atoms with E-state index in [0.29, 0.717) is 6.04 Å². The summed E-state index contributed by atoms with van der Waals surface area (Å²) in [5.41, 5.74) is 1.22. The molecule has 0 fully saturated rings. The average Bonchev–Trinajstić information content (AvgIpc) is 2.72. The Kier molecular flexibility index (Phi) is 3.04. The zero-order valence-corrected chi connectivity index (χ0v) is 8.87. The van der Waals surface area contributed by atoms with Gasteiger partial charge in [0.05, 0.1) is 4.34 Å². The molecule has 3 heteroatoms. The lowest BCUT2D eigenvalue weighted by atomic mass is 10.2. The molecular formula is C10H12ClNS. The Hall–Kier alpha value is -0.310. The van der Waals surface area contributed by atoms with E-state index in [9.17, 15) is 0 Å². The third kappa shape index (κ3) is 2.33. The molecule has 0 atom stereocenters. The monoisotopic (exact) mass is 213 g/mol. The summed E-state index contributed by atoms with van der Waals surface area (Å²) in [4.78, 5) is 0. The van der Waals surface area contributed by atoms with E-state index < -0.39 is 0 Å². The molecule has 0 aliphatic heterocycles. The molecule has 13 heavy (non-hydrogen) atoms. The van der Waals surface area contributed by atoms with Gasteiger partial charge in [-0.15, -0.1) is 11.3 Å². The van der Waals surface area contributed by atoms with Gasteiger partial charge in [0, 0.05) is 12.6 Å². The Morgan fingerprint density at radius 3 is 2.85 bits per heavy atom. The van der Waals surface area contributed by atoms with E-state index in [1.54, 1.807) is 11.3 Å². The molecule has 0 aromatic carbocycles. The third-order valence-electron chi connectivity index (χ3n) is 2.28. The summed E-state index contributed by atoms with van der Waals surface area (Å²) in [6.45, 7) is 0.897. The zero-order valence-electron chi connectivity index (χ0n) is 7.29. The number of hydrogen-bond donors (Lipinski definition) is 1. The third-order valence-corrected chi connectivity index (χ3v) is 3.53. The van der Waals surface area contributed by atoms with E-state index in [1.807, 2.05) is 5.38 Å². The quantitative estimate of drug-likeness (QED) is 0.761. The minimum atomic E-state index is 0.621. The maximum absolute atomic E-state index is 5.99. The Morgan fingerprint density at radius 1 is 1.46 bits per heavy atom. The standard InChI is InChI=1S/C10H12ClNS/c11-10-8(5-6-13-10)7-12-9-3-1-2-4-9/h1-2,5-6,9,12H,3-4,7H2. The number of thiophene rings is 1. The van der Waals surface area contributed by atoms with Crippen LogP contribution in [0.5, 0.6) is 0 Å². The van der Waals surface area contributed by atoms with Gasteiger partial charge in [-0.2, -0.15) is 0 Å². The number of rotatable bonds is 3. The molecule has 2 rings (SSSR count). The second-order valence-corrected chi connectivity index (χ2v) is 4.76. The van der Waals surface area contributed by atoms with Crippen LogP contribution in [0, 0.1) is 0 Å². The van der Waals surface area contributed by atoms with Crippen LogP contribution in [0.4, 0.5) is 0 Å². The maximum Gasteiger partial charge on any atom is 0.0973 e. The minimum Gasteiger partial charge on any atom is -0.309 e. The van der Waals surface area contributed by atoms with Crippen LogP contribution in [-0.2, 0) is 6.54 Å². The molecule has 0 bridgehead atoms. The second kappa shape index (κ2) is 4.27. The number of nitrogens with one attached hydrogen (secondary N) is 1. The summed E-state index contributed by atoms with van der Waals surface area (Å²) in [6.07, 6.45) is 6.77. The fourth-order valence-electron chi connectivity index (χ4n) is 1.48. The van der Waals surface area contributed by atoms with Gasteiger partial charge in [-0.3, -0.25) is 0 Å². The van der Waals surface area contributed by atoms with Crippen molar-refractivity contribution in [3.8, 4) is 0 Å². The molecule has 0 saturated heterocycles. The molecule has 70 valence electrons. The van der Waals surface area contributed by atoms with Crippen molar-refractivity contribution in [1.29, 1.82) is 0 Å². The molecule has 0 unspecified atom stereocenters. The van der Waals surface area contributed by atoms with Crippen molar-refractivity contribution < 1.29 is 0 Å². The normalized spacial score (nSPS) is 17.0. The molecule has 1 heterocycles. The van der Waals surface area contributed by atoms with E-state index >= 15 is 0 Å². The van der Waals surface area contributed by atoms with Crippen molar-refractivity contribution in [3.05, 3.63) is 33.5 Å².